The quantitative estimate of drug-likeness (QED) is 0.0199. The highest BCUT2D eigenvalue weighted by atomic mass is 32.2. The van der Waals surface area contributed by atoms with Gasteiger partial charge in [0.25, 0.3) is 10.1 Å². The fraction of sp³-hybridized carbons (Fsp3) is 0.830. The number of hydrogen-bond donors (Lipinski definition) is 4. The first kappa shape index (κ1) is 55.9. The first-order valence-corrected chi connectivity index (χ1v) is 25.2. The highest BCUT2D eigenvalue weighted by Gasteiger charge is 2.46. The summed E-state index contributed by atoms with van der Waals surface area (Å²) in [6.45, 7) is 3.63. The molecule has 0 aliphatic carbocycles. The summed E-state index contributed by atoms with van der Waals surface area (Å²) >= 11 is 0. The molecule has 1 aliphatic rings. The Balaban J connectivity index is 2.40. The Morgan fingerprint density at radius 3 is 1.57 bits per heavy atom. The lowest BCUT2D eigenvalue weighted by molar-refractivity contribution is -0.297. The molecule has 6 atom stereocenters. The predicted molar refractivity (Wildman–Crippen MR) is 238 cm³/mol. The second-order valence-electron chi connectivity index (χ2n) is 16.4. The minimum absolute atomic E-state index is 0.130. The van der Waals surface area contributed by atoms with Crippen molar-refractivity contribution in [1.29, 1.82) is 0 Å². The number of carbonyl (C=O) groups is 2. The number of aliphatic hydroxyl groups excluding tert-OH is 3. The molecular formula is C47H84O12S. The van der Waals surface area contributed by atoms with E-state index in [1.54, 1.807) is 0 Å². The second-order valence-corrected chi connectivity index (χ2v) is 17.9. The van der Waals surface area contributed by atoms with E-state index in [4.69, 9.17) is 18.9 Å². The number of unbranched alkanes of at least 4 members (excludes halogenated alkanes) is 21. The van der Waals surface area contributed by atoms with Crippen LogP contribution in [-0.2, 0) is 38.7 Å². The Morgan fingerprint density at radius 1 is 0.583 bits per heavy atom. The number of rotatable bonds is 39. The van der Waals surface area contributed by atoms with Crippen LogP contribution in [0.5, 0.6) is 0 Å². The van der Waals surface area contributed by atoms with Crippen LogP contribution in [0.3, 0.4) is 0 Å². The zero-order chi connectivity index (χ0) is 44.1. The molecule has 0 aromatic rings. The summed E-state index contributed by atoms with van der Waals surface area (Å²) < 4.78 is 54.0. The summed E-state index contributed by atoms with van der Waals surface area (Å²) in [7, 11) is -4.60. The minimum Gasteiger partial charge on any atom is -0.462 e. The van der Waals surface area contributed by atoms with Crippen molar-refractivity contribution in [3.63, 3.8) is 0 Å². The molecule has 350 valence electrons. The lowest BCUT2D eigenvalue weighted by Crippen LogP contribution is -2.60. The van der Waals surface area contributed by atoms with Crippen LogP contribution in [0.4, 0.5) is 0 Å². The summed E-state index contributed by atoms with van der Waals surface area (Å²) in [4.78, 5) is 25.4. The molecule has 1 fully saturated rings. The molecule has 12 nitrogen and oxygen atoms in total. The highest BCUT2D eigenvalue weighted by Crippen LogP contribution is 2.24. The molecule has 6 unspecified atom stereocenters. The molecular weight excluding hydrogens is 789 g/mol. The van der Waals surface area contributed by atoms with Crippen molar-refractivity contribution in [3.8, 4) is 0 Å². The van der Waals surface area contributed by atoms with E-state index >= 15 is 0 Å². The van der Waals surface area contributed by atoms with Crippen LogP contribution < -0.4 is 0 Å². The van der Waals surface area contributed by atoms with E-state index in [-0.39, 0.29) is 19.4 Å². The van der Waals surface area contributed by atoms with Crippen molar-refractivity contribution in [2.45, 2.75) is 230 Å². The molecule has 60 heavy (non-hydrogen) atoms. The Bertz CT molecular complexity index is 1250. The van der Waals surface area contributed by atoms with E-state index in [1.807, 2.05) is 0 Å². The highest BCUT2D eigenvalue weighted by molar-refractivity contribution is 7.85. The molecule has 1 rings (SSSR count). The van der Waals surface area contributed by atoms with E-state index in [9.17, 15) is 37.9 Å². The van der Waals surface area contributed by atoms with Gasteiger partial charge in [-0.05, 0) is 44.9 Å². The molecule has 1 saturated heterocycles. The first-order chi connectivity index (χ1) is 29.0. The molecule has 0 saturated carbocycles. The Hall–Kier alpha value is -2.13. The van der Waals surface area contributed by atoms with Crippen LogP contribution in [0.25, 0.3) is 0 Å². The molecule has 13 heteroatoms. The van der Waals surface area contributed by atoms with Crippen LogP contribution in [0, 0.1) is 0 Å². The molecule has 0 amide bonds. The van der Waals surface area contributed by atoms with Crippen molar-refractivity contribution in [1.82, 2.24) is 0 Å². The fourth-order valence-electron chi connectivity index (χ4n) is 7.10. The number of ether oxygens (including phenoxy) is 4. The zero-order valence-electron chi connectivity index (χ0n) is 37.3. The number of carbonyl (C=O) groups excluding carboxylic acids is 2. The van der Waals surface area contributed by atoms with Crippen molar-refractivity contribution in [2.75, 3.05) is 19.0 Å². The lowest BCUT2D eigenvalue weighted by Gasteiger charge is -2.40. The zero-order valence-corrected chi connectivity index (χ0v) is 38.1. The van der Waals surface area contributed by atoms with Gasteiger partial charge in [0.15, 0.2) is 12.4 Å². The largest absolute Gasteiger partial charge is 0.462 e. The number of allylic oxidation sites excluding steroid dienone is 6. The molecule has 1 heterocycles. The van der Waals surface area contributed by atoms with Crippen molar-refractivity contribution >= 4 is 22.1 Å². The normalized spacial score (nSPS) is 20.4. The van der Waals surface area contributed by atoms with Gasteiger partial charge >= 0.3 is 11.9 Å². The van der Waals surface area contributed by atoms with Gasteiger partial charge in [0, 0.05) is 12.8 Å². The maximum Gasteiger partial charge on any atom is 0.306 e. The summed E-state index contributed by atoms with van der Waals surface area (Å²) in [6, 6.07) is 0. The van der Waals surface area contributed by atoms with Crippen LogP contribution in [0.1, 0.15) is 194 Å². The van der Waals surface area contributed by atoms with Gasteiger partial charge in [-0.15, -0.1) is 0 Å². The average molecular weight is 873 g/mol. The van der Waals surface area contributed by atoms with E-state index in [0.29, 0.717) is 12.8 Å². The number of esters is 2. The van der Waals surface area contributed by atoms with Gasteiger partial charge in [-0.25, -0.2) is 0 Å². The second kappa shape index (κ2) is 37.4. The number of hydrogen-bond acceptors (Lipinski definition) is 11. The van der Waals surface area contributed by atoms with Gasteiger partial charge < -0.3 is 34.3 Å². The summed E-state index contributed by atoms with van der Waals surface area (Å²) in [5.74, 6) is -2.02. The van der Waals surface area contributed by atoms with E-state index in [1.165, 1.54) is 96.3 Å². The molecule has 4 N–H and O–H groups in total. The Morgan fingerprint density at radius 2 is 1.05 bits per heavy atom. The number of aliphatic hydroxyl groups is 3. The van der Waals surface area contributed by atoms with Gasteiger partial charge in [-0.3, -0.25) is 14.1 Å². The monoisotopic (exact) mass is 873 g/mol. The van der Waals surface area contributed by atoms with Gasteiger partial charge in [-0.2, -0.15) is 8.42 Å². The summed E-state index contributed by atoms with van der Waals surface area (Å²) in [6.07, 6.45) is 33.4. The molecule has 0 aromatic heterocycles. The van der Waals surface area contributed by atoms with Gasteiger partial charge in [0.2, 0.25) is 0 Å². The first-order valence-electron chi connectivity index (χ1n) is 23.5. The standard InChI is InChI=1S/C47H84O12S/c1-3-5-7-9-11-13-15-17-18-19-20-21-22-24-25-27-29-31-33-35-42(48)56-37-40(38-57-47-46(52)45(51)44(50)41(59-47)39-60(53,54)55)58-43(49)36-34-32-30-28-26-23-16-14-12-10-8-6-4-2/h6,8,12,14,23,26,40-41,44-47,50-52H,3-5,7,9-11,13,15-22,24-25,27-39H2,1-2H3,(H,53,54,55)/b8-6-,14-12-,26-23-. The summed E-state index contributed by atoms with van der Waals surface area (Å²) in [5, 5.41) is 30.9. The fourth-order valence-corrected chi connectivity index (χ4v) is 7.79. The van der Waals surface area contributed by atoms with Gasteiger partial charge in [-0.1, -0.05) is 172 Å². The van der Waals surface area contributed by atoms with Gasteiger partial charge in [0.05, 0.1) is 6.61 Å². The minimum atomic E-state index is -4.60. The third kappa shape index (κ3) is 31.7. The molecule has 1 aliphatic heterocycles. The molecule has 0 aromatic carbocycles. The Labute approximate surface area is 363 Å². The van der Waals surface area contributed by atoms with Gasteiger partial charge in [0.1, 0.15) is 36.8 Å². The maximum absolute atomic E-state index is 12.8. The van der Waals surface area contributed by atoms with E-state index in [2.05, 4.69) is 50.3 Å². The summed E-state index contributed by atoms with van der Waals surface area (Å²) in [5.41, 5.74) is 0. The van der Waals surface area contributed by atoms with Crippen LogP contribution in [-0.4, -0.2) is 96.0 Å². The third-order valence-electron chi connectivity index (χ3n) is 10.7. The van der Waals surface area contributed by atoms with Crippen LogP contribution in [0.15, 0.2) is 36.5 Å². The van der Waals surface area contributed by atoms with Crippen molar-refractivity contribution in [3.05, 3.63) is 36.5 Å². The average Bonchev–Trinajstić information content (AvgIpc) is 3.21. The van der Waals surface area contributed by atoms with E-state index < -0.39 is 71.2 Å². The molecule has 0 bridgehead atoms. The maximum atomic E-state index is 12.8. The molecule has 0 radical (unpaired) electrons. The Kier molecular flexibility index (Phi) is 34.9. The van der Waals surface area contributed by atoms with E-state index in [0.717, 1.165) is 57.8 Å². The SMILES string of the molecule is CC/C=C\C/C=C\C/C=C\CCCCCC(=O)OC(COC(=O)CCCCCCCCCCCCCCCCCCCCC)COC1OC(CS(=O)(=O)O)C(O)C(O)C1O. The predicted octanol–water partition coefficient (Wildman–Crippen LogP) is 9.78. The lowest BCUT2D eigenvalue weighted by atomic mass is 10.00. The third-order valence-corrected chi connectivity index (χ3v) is 11.5. The van der Waals surface area contributed by atoms with Crippen molar-refractivity contribution < 1.29 is 56.8 Å². The van der Waals surface area contributed by atoms with Crippen LogP contribution >= 0.6 is 0 Å². The smallest absolute Gasteiger partial charge is 0.306 e. The van der Waals surface area contributed by atoms with Crippen LogP contribution in [0.2, 0.25) is 0 Å². The molecule has 0 spiro atoms. The van der Waals surface area contributed by atoms with Crippen molar-refractivity contribution in [2.24, 2.45) is 0 Å². The topological polar surface area (TPSA) is 186 Å².